The Hall–Kier alpha value is -2.69. The molecule has 122 valence electrons. The highest BCUT2D eigenvalue weighted by molar-refractivity contribution is 5.92. The fourth-order valence-electron chi connectivity index (χ4n) is 2.22. The Morgan fingerprint density at radius 3 is 2.22 bits per heavy atom. The molecule has 1 amide bonds. The lowest BCUT2D eigenvalue weighted by molar-refractivity contribution is -0.115. The molecule has 0 unspecified atom stereocenters. The van der Waals surface area contributed by atoms with E-state index in [2.05, 4.69) is 5.32 Å². The molecule has 0 bridgehead atoms. The zero-order valence-corrected chi connectivity index (χ0v) is 13.9. The number of rotatable bonds is 6. The first kappa shape index (κ1) is 16.7. The molecule has 23 heavy (non-hydrogen) atoms. The summed E-state index contributed by atoms with van der Waals surface area (Å²) in [6.07, 6.45) is 0.274. The highest BCUT2D eigenvalue weighted by Gasteiger charge is 2.09. The Bertz CT molecular complexity index is 666. The predicted molar refractivity (Wildman–Crippen MR) is 92.6 cm³/mol. The maximum absolute atomic E-state index is 12.2. The number of benzene rings is 2. The van der Waals surface area contributed by atoms with Gasteiger partial charge in [-0.25, -0.2) is 0 Å². The molecular weight excluding hydrogens is 292 g/mol. The van der Waals surface area contributed by atoms with Gasteiger partial charge in [0.05, 0.1) is 20.6 Å². The summed E-state index contributed by atoms with van der Waals surface area (Å²) in [7, 11) is 7.12. The van der Waals surface area contributed by atoms with E-state index in [-0.39, 0.29) is 12.3 Å². The Labute approximate surface area is 136 Å². The van der Waals surface area contributed by atoms with Crippen molar-refractivity contribution in [3.8, 4) is 11.5 Å². The van der Waals surface area contributed by atoms with Gasteiger partial charge >= 0.3 is 0 Å². The van der Waals surface area contributed by atoms with Crippen LogP contribution in [-0.4, -0.2) is 34.2 Å². The standard InChI is InChI=1S/C18H22N2O3/c1-20(2)15-8-6-14(7-9-15)19-18(21)12-13-5-10-16(22-3)17(11-13)23-4/h5-11H,12H2,1-4H3,(H,19,21). The minimum absolute atomic E-state index is 0.0742. The number of nitrogens with one attached hydrogen (secondary N) is 1. The minimum Gasteiger partial charge on any atom is -0.493 e. The predicted octanol–water partition coefficient (Wildman–Crippen LogP) is 2.95. The SMILES string of the molecule is COc1ccc(CC(=O)Nc2ccc(N(C)C)cc2)cc1OC. The maximum Gasteiger partial charge on any atom is 0.228 e. The fraction of sp³-hybridized carbons (Fsp3) is 0.278. The number of carbonyl (C=O) groups excluding carboxylic acids is 1. The summed E-state index contributed by atoms with van der Waals surface area (Å²) < 4.78 is 10.4. The average molecular weight is 314 g/mol. The van der Waals surface area contributed by atoms with E-state index < -0.39 is 0 Å². The van der Waals surface area contributed by atoms with Gasteiger partial charge in [0.15, 0.2) is 11.5 Å². The molecule has 0 heterocycles. The maximum atomic E-state index is 12.2. The van der Waals surface area contributed by atoms with Crippen molar-refractivity contribution in [2.45, 2.75) is 6.42 Å². The molecule has 2 aromatic rings. The lowest BCUT2D eigenvalue weighted by atomic mass is 10.1. The first-order valence-corrected chi connectivity index (χ1v) is 7.31. The number of anilines is 2. The Morgan fingerprint density at radius 2 is 1.65 bits per heavy atom. The van der Waals surface area contributed by atoms with E-state index in [1.807, 2.05) is 55.4 Å². The third-order valence-corrected chi connectivity index (χ3v) is 3.48. The second kappa shape index (κ2) is 7.54. The number of methoxy groups -OCH3 is 2. The van der Waals surface area contributed by atoms with Crippen LogP contribution in [0, 0.1) is 0 Å². The molecule has 0 aliphatic carbocycles. The molecule has 2 rings (SSSR count). The van der Waals surface area contributed by atoms with Gasteiger partial charge < -0.3 is 19.7 Å². The van der Waals surface area contributed by atoms with Crippen LogP contribution >= 0.6 is 0 Å². The number of amides is 1. The summed E-state index contributed by atoms with van der Waals surface area (Å²) in [6, 6.07) is 13.2. The summed E-state index contributed by atoms with van der Waals surface area (Å²) in [6.45, 7) is 0. The molecule has 1 N–H and O–H groups in total. The van der Waals surface area contributed by atoms with Gasteiger partial charge in [0.2, 0.25) is 5.91 Å². The molecule has 0 aliphatic heterocycles. The molecule has 0 atom stereocenters. The van der Waals surface area contributed by atoms with Crippen LogP contribution in [0.2, 0.25) is 0 Å². The van der Waals surface area contributed by atoms with Gasteiger partial charge in [0, 0.05) is 25.5 Å². The Kier molecular flexibility index (Phi) is 5.46. The first-order chi connectivity index (χ1) is 11.0. The molecule has 0 radical (unpaired) electrons. The van der Waals surface area contributed by atoms with Crippen LogP contribution < -0.4 is 19.7 Å². The van der Waals surface area contributed by atoms with E-state index in [1.54, 1.807) is 20.3 Å². The van der Waals surface area contributed by atoms with Gasteiger partial charge in [0.25, 0.3) is 0 Å². The monoisotopic (exact) mass is 314 g/mol. The van der Waals surface area contributed by atoms with Gasteiger partial charge in [-0.3, -0.25) is 4.79 Å². The molecule has 0 aromatic heterocycles. The average Bonchev–Trinajstić information content (AvgIpc) is 2.55. The molecule has 0 saturated carbocycles. The molecule has 2 aromatic carbocycles. The molecule has 0 aliphatic rings. The van der Waals surface area contributed by atoms with E-state index in [9.17, 15) is 4.79 Å². The molecule has 0 saturated heterocycles. The number of hydrogen-bond donors (Lipinski definition) is 1. The van der Waals surface area contributed by atoms with E-state index in [4.69, 9.17) is 9.47 Å². The summed E-state index contributed by atoms with van der Waals surface area (Å²) >= 11 is 0. The highest BCUT2D eigenvalue weighted by atomic mass is 16.5. The zero-order chi connectivity index (χ0) is 16.8. The topological polar surface area (TPSA) is 50.8 Å². The van der Waals surface area contributed by atoms with Gasteiger partial charge in [-0.05, 0) is 42.0 Å². The lowest BCUT2D eigenvalue weighted by Gasteiger charge is -2.13. The van der Waals surface area contributed by atoms with Gasteiger partial charge in [0.1, 0.15) is 0 Å². The van der Waals surface area contributed by atoms with E-state index in [0.29, 0.717) is 11.5 Å². The van der Waals surface area contributed by atoms with Crippen LogP contribution in [0.4, 0.5) is 11.4 Å². The quantitative estimate of drug-likeness (QED) is 0.890. The second-order valence-electron chi connectivity index (χ2n) is 5.36. The Morgan fingerprint density at radius 1 is 1.00 bits per heavy atom. The van der Waals surface area contributed by atoms with Gasteiger partial charge in [-0.1, -0.05) is 6.07 Å². The van der Waals surface area contributed by atoms with E-state index >= 15 is 0 Å². The van der Waals surface area contributed by atoms with Crippen molar-refractivity contribution < 1.29 is 14.3 Å². The number of nitrogens with zero attached hydrogens (tertiary/aromatic N) is 1. The van der Waals surface area contributed by atoms with Crippen molar-refractivity contribution in [1.29, 1.82) is 0 Å². The molecule has 0 fully saturated rings. The Balaban J connectivity index is 2.01. The highest BCUT2D eigenvalue weighted by Crippen LogP contribution is 2.27. The number of hydrogen-bond acceptors (Lipinski definition) is 4. The van der Waals surface area contributed by atoms with Crippen LogP contribution in [0.15, 0.2) is 42.5 Å². The molecule has 0 spiro atoms. The number of ether oxygens (including phenoxy) is 2. The molecular formula is C18H22N2O3. The van der Waals surface area contributed by atoms with Crippen molar-refractivity contribution >= 4 is 17.3 Å². The summed E-state index contributed by atoms with van der Waals surface area (Å²) in [5, 5.41) is 2.89. The van der Waals surface area contributed by atoms with Crippen molar-refractivity contribution in [3.63, 3.8) is 0 Å². The van der Waals surface area contributed by atoms with Crippen molar-refractivity contribution in [3.05, 3.63) is 48.0 Å². The van der Waals surface area contributed by atoms with Crippen molar-refractivity contribution in [1.82, 2.24) is 0 Å². The summed E-state index contributed by atoms with van der Waals surface area (Å²) in [5.41, 5.74) is 2.73. The van der Waals surface area contributed by atoms with Gasteiger partial charge in [-0.15, -0.1) is 0 Å². The third kappa shape index (κ3) is 4.39. The van der Waals surface area contributed by atoms with Crippen LogP contribution in [0.3, 0.4) is 0 Å². The van der Waals surface area contributed by atoms with Crippen LogP contribution in [0.1, 0.15) is 5.56 Å². The minimum atomic E-state index is -0.0742. The number of carbonyl (C=O) groups is 1. The normalized spacial score (nSPS) is 10.1. The zero-order valence-electron chi connectivity index (χ0n) is 13.9. The van der Waals surface area contributed by atoms with Crippen LogP contribution in [0.5, 0.6) is 11.5 Å². The van der Waals surface area contributed by atoms with E-state index in [1.165, 1.54) is 0 Å². The van der Waals surface area contributed by atoms with Crippen molar-refractivity contribution in [2.75, 3.05) is 38.5 Å². The first-order valence-electron chi connectivity index (χ1n) is 7.31. The van der Waals surface area contributed by atoms with Crippen LogP contribution in [0.25, 0.3) is 0 Å². The largest absolute Gasteiger partial charge is 0.493 e. The van der Waals surface area contributed by atoms with Crippen LogP contribution in [-0.2, 0) is 11.2 Å². The van der Waals surface area contributed by atoms with Gasteiger partial charge in [-0.2, -0.15) is 0 Å². The summed E-state index contributed by atoms with van der Waals surface area (Å²) in [5.74, 6) is 1.19. The smallest absolute Gasteiger partial charge is 0.228 e. The summed E-state index contributed by atoms with van der Waals surface area (Å²) in [4.78, 5) is 14.2. The second-order valence-corrected chi connectivity index (χ2v) is 5.36. The molecule has 5 heteroatoms. The third-order valence-electron chi connectivity index (χ3n) is 3.48. The van der Waals surface area contributed by atoms with Crippen molar-refractivity contribution in [2.24, 2.45) is 0 Å². The lowest BCUT2D eigenvalue weighted by Crippen LogP contribution is -2.14. The molecule has 5 nitrogen and oxygen atoms in total. The fourth-order valence-corrected chi connectivity index (χ4v) is 2.22. The van der Waals surface area contributed by atoms with E-state index in [0.717, 1.165) is 16.9 Å².